The Kier molecular flexibility index (Phi) is 12.9. The highest BCUT2D eigenvalue weighted by Crippen LogP contribution is 2.66. The highest BCUT2D eigenvalue weighted by atomic mass is 32.5. The van der Waals surface area contributed by atoms with Gasteiger partial charge in [-0.1, -0.05) is 7.43 Å². The highest BCUT2D eigenvalue weighted by molar-refractivity contribution is 8.14. The minimum Gasteiger partial charge on any atom is -0.309 e. The zero-order valence-electron chi connectivity index (χ0n) is 10.6. The summed E-state index contributed by atoms with van der Waals surface area (Å²) in [7, 11) is 0. The Morgan fingerprint density at radius 3 is 1.06 bits per heavy atom. The van der Waals surface area contributed by atoms with Gasteiger partial charge in [0.2, 0.25) is 0 Å². The van der Waals surface area contributed by atoms with Gasteiger partial charge < -0.3 is 18.1 Å². The second-order valence-corrected chi connectivity index (χ2v) is 8.81. The van der Waals surface area contributed by atoms with Crippen LogP contribution in [0.1, 0.15) is 35.1 Å². The smallest absolute Gasteiger partial charge is 0.309 e. The summed E-state index contributed by atoms with van der Waals surface area (Å²) in [6.07, 6.45) is 0. The van der Waals surface area contributed by atoms with E-state index in [4.69, 9.17) is 46.0 Å². The molecule has 0 aliphatic carbocycles. The summed E-state index contributed by atoms with van der Waals surface area (Å²) in [6.45, 7) is 3.09. The van der Waals surface area contributed by atoms with Crippen LogP contribution in [-0.2, 0) is 46.0 Å². The van der Waals surface area contributed by atoms with Gasteiger partial charge in [-0.05, 0) is 51.3 Å². The van der Waals surface area contributed by atoms with E-state index in [1.54, 1.807) is 0 Å². The van der Waals surface area contributed by atoms with E-state index in [0.29, 0.717) is 26.4 Å². The Morgan fingerprint density at radius 2 is 0.889 bits per heavy atom. The average Bonchev–Trinajstić information content (AvgIpc) is 2.17. The molecule has 0 aromatic rings. The van der Waals surface area contributed by atoms with E-state index in [0.717, 1.165) is 0 Å². The number of hydrogen-bond acceptors (Lipinski definition) is 7. The molecule has 0 N–H and O–H groups in total. The topological polar surface area (TPSA) is 46.2 Å². The van der Waals surface area contributed by atoms with Gasteiger partial charge in [-0.2, -0.15) is 0 Å². The molecule has 0 rings (SSSR count). The molecule has 0 heterocycles. The summed E-state index contributed by atoms with van der Waals surface area (Å²) in [5, 5.41) is 0. The fourth-order valence-corrected chi connectivity index (χ4v) is 7.30. The summed E-state index contributed by atoms with van der Waals surface area (Å²) in [5.41, 5.74) is 0. The molecule has 5 nitrogen and oxygen atoms in total. The first-order chi connectivity index (χ1) is 7.95. The van der Waals surface area contributed by atoms with Gasteiger partial charge in [-0.3, -0.25) is 0 Å². The quantitative estimate of drug-likeness (QED) is 0.552. The summed E-state index contributed by atoms with van der Waals surface area (Å²) in [4.78, 5) is 0. The van der Waals surface area contributed by atoms with Crippen molar-refractivity contribution in [3.8, 4) is 0 Å². The van der Waals surface area contributed by atoms with Gasteiger partial charge in [0.25, 0.3) is 0 Å². The van der Waals surface area contributed by atoms with E-state index in [2.05, 4.69) is 0 Å². The second kappa shape index (κ2) is 10.8. The van der Waals surface area contributed by atoms with Crippen LogP contribution in [0, 0.1) is 0 Å². The maximum Gasteiger partial charge on any atom is 0.334 e. The first-order valence-corrected chi connectivity index (χ1v) is 10.6. The molecule has 0 amide bonds. The molecule has 18 heavy (non-hydrogen) atoms. The van der Waals surface area contributed by atoms with Crippen LogP contribution >= 0.6 is 13.4 Å². The predicted molar refractivity (Wildman–Crippen MR) is 82.9 cm³/mol. The van der Waals surface area contributed by atoms with Crippen LogP contribution in [0.25, 0.3) is 0 Å². The average molecular weight is 338 g/mol. The summed E-state index contributed by atoms with van der Waals surface area (Å²) < 4.78 is 26.9. The lowest BCUT2D eigenvalue weighted by Crippen LogP contribution is -2.03. The minimum absolute atomic E-state index is 0. The summed E-state index contributed by atoms with van der Waals surface area (Å²) >= 11 is 10.4. The van der Waals surface area contributed by atoms with Crippen molar-refractivity contribution >= 4 is 37.1 Å². The Labute approximate surface area is 121 Å². The third-order valence-electron chi connectivity index (χ3n) is 1.35. The van der Waals surface area contributed by atoms with Gasteiger partial charge in [0.1, 0.15) is 0 Å². The zero-order chi connectivity index (χ0) is 13.4. The Balaban J connectivity index is 0. The fourth-order valence-electron chi connectivity index (χ4n) is 0.924. The molecule has 9 heteroatoms. The van der Waals surface area contributed by atoms with E-state index in [1.165, 1.54) is 0 Å². The lowest BCUT2D eigenvalue weighted by Gasteiger charge is -2.27. The zero-order valence-corrected chi connectivity index (χ0v) is 14.0. The van der Waals surface area contributed by atoms with Crippen LogP contribution in [0.15, 0.2) is 0 Å². The number of rotatable bonds is 10. The van der Waals surface area contributed by atoms with E-state index in [1.807, 2.05) is 27.7 Å². The SMILES string of the molecule is C.CCOP(=S)(OCC)OP(=S)(OCC)OCC. The normalized spacial score (nSPS) is 12.2. The third-order valence-corrected chi connectivity index (χ3v) is 7.71. The first-order valence-electron chi connectivity index (χ1n) is 5.44. The molecular formula is C9H24O5P2S2. The lowest BCUT2D eigenvalue weighted by atomic mass is 10.9. The van der Waals surface area contributed by atoms with Crippen molar-refractivity contribution in [2.75, 3.05) is 26.4 Å². The molecule has 0 atom stereocenters. The van der Waals surface area contributed by atoms with Crippen LogP contribution in [0.4, 0.5) is 0 Å². The molecule has 0 aromatic carbocycles. The molecule has 0 radical (unpaired) electrons. The van der Waals surface area contributed by atoms with Crippen LogP contribution in [0.5, 0.6) is 0 Å². The molecular weight excluding hydrogens is 314 g/mol. The summed E-state index contributed by atoms with van der Waals surface area (Å²) in [6, 6.07) is 0. The maximum atomic E-state index is 5.55. The Bertz CT molecular complexity index is 253. The van der Waals surface area contributed by atoms with Gasteiger partial charge in [-0.15, -0.1) is 0 Å². The minimum atomic E-state index is -2.87. The molecule has 112 valence electrons. The van der Waals surface area contributed by atoms with Crippen molar-refractivity contribution in [3.63, 3.8) is 0 Å². The van der Waals surface area contributed by atoms with Gasteiger partial charge in [0.15, 0.2) is 0 Å². The third kappa shape index (κ3) is 8.31. The molecule has 0 fully saturated rings. The molecule has 0 bridgehead atoms. The molecule has 0 unspecified atom stereocenters. The van der Waals surface area contributed by atoms with Gasteiger partial charge in [-0.25, -0.2) is 4.31 Å². The molecule has 0 saturated heterocycles. The van der Waals surface area contributed by atoms with Crippen LogP contribution in [0.2, 0.25) is 0 Å². The molecule has 0 aliphatic heterocycles. The maximum absolute atomic E-state index is 5.55. The lowest BCUT2D eigenvalue weighted by molar-refractivity contribution is 0.176. The summed E-state index contributed by atoms with van der Waals surface area (Å²) in [5.74, 6) is 0. The van der Waals surface area contributed by atoms with Crippen molar-refractivity contribution in [1.82, 2.24) is 0 Å². The highest BCUT2D eigenvalue weighted by Gasteiger charge is 2.31. The molecule has 0 aromatic heterocycles. The van der Waals surface area contributed by atoms with Crippen molar-refractivity contribution in [2.45, 2.75) is 35.1 Å². The Hall–Kier alpha value is 1.10. The molecule has 0 spiro atoms. The van der Waals surface area contributed by atoms with Gasteiger partial charge in [0.05, 0.1) is 26.4 Å². The van der Waals surface area contributed by atoms with Crippen LogP contribution in [0.3, 0.4) is 0 Å². The van der Waals surface area contributed by atoms with E-state index in [-0.39, 0.29) is 7.43 Å². The van der Waals surface area contributed by atoms with E-state index < -0.39 is 13.4 Å². The van der Waals surface area contributed by atoms with Crippen molar-refractivity contribution in [3.05, 3.63) is 0 Å². The van der Waals surface area contributed by atoms with Gasteiger partial charge >= 0.3 is 13.4 Å². The van der Waals surface area contributed by atoms with Crippen LogP contribution in [-0.4, -0.2) is 26.4 Å². The molecule has 0 aliphatic rings. The van der Waals surface area contributed by atoms with Crippen molar-refractivity contribution in [2.24, 2.45) is 0 Å². The fraction of sp³-hybridized carbons (Fsp3) is 1.00. The largest absolute Gasteiger partial charge is 0.334 e. The van der Waals surface area contributed by atoms with Crippen molar-refractivity contribution < 1.29 is 22.4 Å². The van der Waals surface area contributed by atoms with E-state index in [9.17, 15) is 0 Å². The number of hydrogen-bond donors (Lipinski definition) is 0. The van der Waals surface area contributed by atoms with Gasteiger partial charge in [0, 0.05) is 0 Å². The monoisotopic (exact) mass is 338 g/mol. The second-order valence-electron chi connectivity index (χ2n) is 2.65. The first kappa shape index (κ1) is 21.4. The van der Waals surface area contributed by atoms with E-state index >= 15 is 0 Å². The van der Waals surface area contributed by atoms with Crippen LogP contribution < -0.4 is 0 Å². The Morgan fingerprint density at radius 1 is 0.667 bits per heavy atom. The predicted octanol–water partition coefficient (Wildman–Crippen LogP) is 4.23. The van der Waals surface area contributed by atoms with Crippen molar-refractivity contribution in [1.29, 1.82) is 0 Å². The molecule has 0 saturated carbocycles. The standard InChI is InChI=1S/C8H20O5P2S2.CH4/c1-5-9-14(16,10-6-2)13-15(17,11-7-3)12-8-4;/h5-8H2,1-4H3;1H4.